The van der Waals surface area contributed by atoms with Crippen LogP contribution in [0.2, 0.25) is 0 Å². The monoisotopic (exact) mass is 210 g/mol. The minimum absolute atomic E-state index is 0.303. The Morgan fingerprint density at radius 3 is 2.93 bits per heavy atom. The Morgan fingerprint density at radius 2 is 2.27 bits per heavy atom. The summed E-state index contributed by atoms with van der Waals surface area (Å²) in [4.78, 5) is 20.2. The van der Waals surface area contributed by atoms with Crippen molar-refractivity contribution in [2.75, 3.05) is 20.3 Å². The van der Waals surface area contributed by atoms with Crippen molar-refractivity contribution in [3.05, 3.63) is 29.6 Å². The fourth-order valence-electron chi connectivity index (χ4n) is 0.980. The van der Waals surface area contributed by atoms with Gasteiger partial charge in [0, 0.05) is 19.5 Å². The van der Waals surface area contributed by atoms with E-state index in [1.54, 1.807) is 19.4 Å². The van der Waals surface area contributed by atoms with Crippen LogP contribution in [0.15, 0.2) is 18.5 Å². The Hall–Kier alpha value is -1.46. The van der Waals surface area contributed by atoms with E-state index in [-0.39, 0.29) is 5.91 Å². The lowest BCUT2D eigenvalue weighted by atomic mass is 10.2. The molecular weight excluding hydrogens is 196 g/mol. The van der Waals surface area contributed by atoms with Crippen molar-refractivity contribution in [1.82, 2.24) is 10.5 Å². The molecule has 0 saturated carbocycles. The fraction of sp³-hybridized carbons (Fsp3) is 0.400. The van der Waals surface area contributed by atoms with Crippen LogP contribution in [0.3, 0.4) is 0 Å². The highest BCUT2D eigenvalue weighted by molar-refractivity contribution is 5.93. The number of aromatic nitrogens is 1. The van der Waals surface area contributed by atoms with Crippen LogP contribution in [-0.2, 0) is 9.57 Å². The van der Waals surface area contributed by atoms with Gasteiger partial charge in [-0.2, -0.15) is 0 Å². The zero-order valence-electron chi connectivity index (χ0n) is 8.82. The molecule has 0 aromatic carbocycles. The number of amides is 1. The van der Waals surface area contributed by atoms with Crippen LogP contribution < -0.4 is 5.48 Å². The highest BCUT2D eigenvalue weighted by Gasteiger charge is 2.05. The normalized spacial score (nSPS) is 10.0. The third-order valence-corrected chi connectivity index (χ3v) is 1.69. The van der Waals surface area contributed by atoms with Crippen LogP contribution in [0.1, 0.15) is 15.9 Å². The predicted molar refractivity (Wildman–Crippen MR) is 54.3 cm³/mol. The number of hydroxylamine groups is 1. The van der Waals surface area contributed by atoms with E-state index in [4.69, 9.17) is 9.57 Å². The maximum Gasteiger partial charge on any atom is 0.276 e. The second kappa shape index (κ2) is 6.10. The number of carbonyl (C=O) groups excluding carboxylic acids is 1. The Morgan fingerprint density at radius 1 is 1.47 bits per heavy atom. The zero-order valence-corrected chi connectivity index (χ0v) is 8.82. The first kappa shape index (κ1) is 11.6. The Labute approximate surface area is 88.4 Å². The molecule has 0 saturated heterocycles. The highest BCUT2D eigenvalue weighted by Crippen LogP contribution is 2.00. The predicted octanol–water partition coefficient (Wildman–Crippen LogP) is 0.698. The molecule has 1 rings (SSSR count). The van der Waals surface area contributed by atoms with Crippen molar-refractivity contribution in [2.24, 2.45) is 0 Å². The summed E-state index contributed by atoms with van der Waals surface area (Å²) in [5.41, 5.74) is 3.71. The lowest BCUT2D eigenvalue weighted by molar-refractivity contribution is 0.00886. The van der Waals surface area contributed by atoms with E-state index in [0.29, 0.717) is 18.8 Å². The third-order valence-electron chi connectivity index (χ3n) is 1.69. The Balaban J connectivity index is 2.40. The minimum atomic E-state index is -0.303. The number of ether oxygens (including phenoxy) is 1. The summed E-state index contributed by atoms with van der Waals surface area (Å²) in [7, 11) is 1.57. The van der Waals surface area contributed by atoms with Gasteiger partial charge >= 0.3 is 0 Å². The lowest BCUT2D eigenvalue weighted by Gasteiger charge is -2.05. The van der Waals surface area contributed by atoms with E-state index in [0.717, 1.165) is 5.56 Å². The van der Waals surface area contributed by atoms with Gasteiger partial charge in [0.2, 0.25) is 0 Å². The molecule has 0 atom stereocenters. The zero-order chi connectivity index (χ0) is 11.1. The topological polar surface area (TPSA) is 60.5 Å². The second-order valence-corrected chi connectivity index (χ2v) is 3.02. The van der Waals surface area contributed by atoms with Gasteiger partial charge in [0.15, 0.2) is 0 Å². The number of hydrogen-bond acceptors (Lipinski definition) is 4. The quantitative estimate of drug-likeness (QED) is 0.574. The molecule has 1 amide bonds. The molecule has 0 spiro atoms. The van der Waals surface area contributed by atoms with Gasteiger partial charge in [-0.25, -0.2) is 5.48 Å². The molecule has 0 aliphatic heterocycles. The smallest absolute Gasteiger partial charge is 0.276 e. The van der Waals surface area contributed by atoms with E-state index in [1.807, 2.05) is 6.92 Å². The van der Waals surface area contributed by atoms with Gasteiger partial charge in [-0.15, -0.1) is 0 Å². The first-order chi connectivity index (χ1) is 7.24. The van der Waals surface area contributed by atoms with Crippen molar-refractivity contribution in [3.63, 3.8) is 0 Å². The molecule has 1 aromatic rings. The summed E-state index contributed by atoms with van der Waals surface area (Å²) in [6.45, 7) is 2.63. The van der Waals surface area contributed by atoms with Crippen LogP contribution in [0, 0.1) is 6.92 Å². The van der Waals surface area contributed by atoms with Gasteiger partial charge in [0.05, 0.1) is 18.8 Å². The van der Waals surface area contributed by atoms with Gasteiger partial charge in [-0.3, -0.25) is 14.6 Å². The average molecular weight is 210 g/mol. The number of methoxy groups -OCH3 is 1. The molecule has 0 fully saturated rings. The van der Waals surface area contributed by atoms with Crippen LogP contribution >= 0.6 is 0 Å². The average Bonchev–Trinajstić information content (AvgIpc) is 2.24. The van der Waals surface area contributed by atoms with Crippen LogP contribution in [0.5, 0.6) is 0 Å². The number of nitrogens with one attached hydrogen (secondary N) is 1. The molecule has 5 nitrogen and oxygen atoms in total. The largest absolute Gasteiger partial charge is 0.382 e. The van der Waals surface area contributed by atoms with Crippen molar-refractivity contribution in [1.29, 1.82) is 0 Å². The van der Waals surface area contributed by atoms with E-state index >= 15 is 0 Å². The van der Waals surface area contributed by atoms with Crippen molar-refractivity contribution < 1.29 is 14.4 Å². The summed E-state index contributed by atoms with van der Waals surface area (Å²) >= 11 is 0. The first-order valence-corrected chi connectivity index (χ1v) is 4.56. The maximum absolute atomic E-state index is 11.4. The molecule has 1 aromatic heterocycles. The number of aryl methyl sites for hydroxylation is 1. The molecule has 1 N–H and O–H groups in total. The standard InChI is InChI=1S/C10H14N2O3/c1-8-5-9(7-11-6-8)10(13)12-15-4-3-14-2/h5-7H,3-4H2,1-2H3,(H,12,13). The summed E-state index contributed by atoms with van der Waals surface area (Å²) in [6, 6.07) is 1.74. The SMILES string of the molecule is COCCONC(=O)c1cncc(C)c1. The van der Waals surface area contributed by atoms with Crippen LogP contribution in [0.25, 0.3) is 0 Å². The molecule has 5 heteroatoms. The number of nitrogens with zero attached hydrogens (tertiary/aromatic N) is 1. The fourth-order valence-corrected chi connectivity index (χ4v) is 0.980. The van der Waals surface area contributed by atoms with E-state index < -0.39 is 0 Å². The number of pyridine rings is 1. The molecule has 0 aliphatic carbocycles. The molecule has 82 valence electrons. The van der Waals surface area contributed by atoms with Crippen molar-refractivity contribution in [3.8, 4) is 0 Å². The van der Waals surface area contributed by atoms with E-state index in [9.17, 15) is 4.79 Å². The number of rotatable bonds is 5. The Kier molecular flexibility index (Phi) is 4.73. The van der Waals surface area contributed by atoms with Gasteiger partial charge in [-0.05, 0) is 18.6 Å². The van der Waals surface area contributed by atoms with Crippen molar-refractivity contribution >= 4 is 5.91 Å². The number of hydrogen-bond donors (Lipinski definition) is 1. The molecule has 15 heavy (non-hydrogen) atoms. The summed E-state index contributed by atoms with van der Waals surface area (Å²) in [6.07, 6.45) is 3.17. The molecular formula is C10H14N2O3. The van der Waals surface area contributed by atoms with Gasteiger partial charge < -0.3 is 4.74 Å². The number of carbonyl (C=O) groups is 1. The molecule has 0 unspecified atom stereocenters. The Bertz CT molecular complexity index is 328. The van der Waals surface area contributed by atoms with Gasteiger partial charge in [0.1, 0.15) is 0 Å². The second-order valence-electron chi connectivity index (χ2n) is 3.02. The van der Waals surface area contributed by atoms with Crippen LogP contribution in [-0.4, -0.2) is 31.2 Å². The van der Waals surface area contributed by atoms with Crippen molar-refractivity contribution in [2.45, 2.75) is 6.92 Å². The lowest BCUT2D eigenvalue weighted by Crippen LogP contribution is -2.25. The molecule has 0 radical (unpaired) electrons. The first-order valence-electron chi connectivity index (χ1n) is 4.56. The third kappa shape index (κ3) is 4.05. The van der Waals surface area contributed by atoms with E-state index in [1.165, 1.54) is 6.20 Å². The maximum atomic E-state index is 11.4. The molecule has 0 aliphatic rings. The van der Waals surface area contributed by atoms with Gasteiger partial charge in [-0.1, -0.05) is 0 Å². The van der Waals surface area contributed by atoms with E-state index in [2.05, 4.69) is 10.5 Å². The highest BCUT2D eigenvalue weighted by atomic mass is 16.7. The van der Waals surface area contributed by atoms with Crippen LogP contribution in [0.4, 0.5) is 0 Å². The summed E-state index contributed by atoms with van der Waals surface area (Å²) < 4.78 is 4.76. The molecule has 1 heterocycles. The molecule has 0 bridgehead atoms. The summed E-state index contributed by atoms with van der Waals surface area (Å²) in [5, 5.41) is 0. The minimum Gasteiger partial charge on any atom is -0.382 e. The van der Waals surface area contributed by atoms with Gasteiger partial charge in [0.25, 0.3) is 5.91 Å². The summed E-state index contributed by atoms with van der Waals surface area (Å²) in [5.74, 6) is -0.303.